The fraction of sp³-hybridized carbons (Fsp3) is 0.154. The van der Waals surface area contributed by atoms with Crippen LogP contribution in [0.3, 0.4) is 0 Å². The number of anilines is 1. The monoisotopic (exact) mass is 275 g/mol. The zero-order chi connectivity index (χ0) is 14.4. The second-order valence-corrected chi connectivity index (χ2v) is 3.88. The number of esters is 1. The quantitative estimate of drug-likeness (QED) is 0.829. The number of carbonyl (C=O) groups excluding carboxylic acids is 2. The summed E-state index contributed by atoms with van der Waals surface area (Å²) >= 11 is 0. The molecular formula is C13H13N3O4. The van der Waals surface area contributed by atoms with Gasteiger partial charge in [0.25, 0.3) is 0 Å². The molecule has 2 aromatic rings. The Balaban J connectivity index is 1.84. The van der Waals surface area contributed by atoms with Gasteiger partial charge < -0.3 is 14.6 Å². The maximum Gasteiger partial charge on any atom is 0.337 e. The first kappa shape index (κ1) is 13.6. The van der Waals surface area contributed by atoms with Gasteiger partial charge >= 0.3 is 12.0 Å². The molecule has 1 heterocycles. The molecule has 104 valence electrons. The minimum atomic E-state index is -0.395. The third-order valence-electron chi connectivity index (χ3n) is 2.51. The van der Waals surface area contributed by atoms with Gasteiger partial charge in [-0.05, 0) is 17.7 Å². The van der Waals surface area contributed by atoms with E-state index in [9.17, 15) is 9.59 Å². The van der Waals surface area contributed by atoms with Gasteiger partial charge in [-0.25, -0.2) is 9.59 Å². The maximum absolute atomic E-state index is 11.5. The van der Waals surface area contributed by atoms with E-state index >= 15 is 0 Å². The van der Waals surface area contributed by atoms with Crippen LogP contribution in [-0.2, 0) is 11.3 Å². The number of benzene rings is 1. The molecule has 0 aliphatic carbocycles. The van der Waals surface area contributed by atoms with Crippen LogP contribution < -0.4 is 10.6 Å². The molecule has 0 fully saturated rings. The van der Waals surface area contributed by atoms with Gasteiger partial charge in [0.15, 0.2) is 5.82 Å². The van der Waals surface area contributed by atoms with Crippen molar-refractivity contribution in [2.24, 2.45) is 0 Å². The summed E-state index contributed by atoms with van der Waals surface area (Å²) in [6.07, 6.45) is 1.36. The summed E-state index contributed by atoms with van der Waals surface area (Å²) in [5.74, 6) is -0.0585. The summed E-state index contributed by atoms with van der Waals surface area (Å²) in [6.45, 7) is 0.325. The molecule has 2 rings (SSSR count). The van der Waals surface area contributed by atoms with E-state index in [0.29, 0.717) is 17.9 Å². The predicted molar refractivity (Wildman–Crippen MR) is 70.1 cm³/mol. The molecule has 1 aromatic heterocycles. The second kappa shape index (κ2) is 6.37. The number of hydrogen-bond acceptors (Lipinski definition) is 5. The Morgan fingerprint density at radius 1 is 1.25 bits per heavy atom. The average Bonchev–Trinajstić information content (AvgIpc) is 2.97. The molecule has 7 heteroatoms. The topological polar surface area (TPSA) is 93.5 Å². The molecule has 0 unspecified atom stereocenters. The minimum Gasteiger partial charge on any atom is -0.465 e. The van der Waals surface area contributed by atoms with Gasteiger partial charge in [-0.2, -0.15) is 0 Å². The normalized spacial score (nSPS) is 9.85. The Bertz CT molecular complexity index is 578. The number of methoxy groups -OCH3 is 1. The molecule has 0 aliphatic heterocycles. The molecule has 2 amide bonds. The number of nitrogens with one attached hydrogen (secondary N) is 2. The van der Waals surface area contributed by atoms with Crippen molar-refractivity contribution in [1.82, 2.24) is 10.5 Å². The van der Waals surface area contributed by atoms with Crippen molar-refractivity contribution in [2.45, 2.75) is 6.54 Å². The molecule has 0 radical (unpaired) electrons. The summed E-state index contributed by atoms with van der Waals surface area (Å²) in [6, 6.07) is 7.89. The molecular weight excluding hydrogens is 262 g/mol. The molecule has 2 N–H and O–H groups in total. The fourth-order valence-corrected chi connectivity index (χ4v) is 1.50. The van der Waals surface area contributed by atoms with E-state index < -0.39 is 12.0 Å². The predicted octanol–water partition coefficient (Wildman–Crippen LogP) is 1.78. The van der Waals surface area contributed by atoms with Crippen molar-refractivity contribution >= 4 is 17.8 Å². The number of aromatic nitrogens is 1. The third-order valence-corrected chi connectivity index (χ3v) is 2.51. The van der Waals surface area contributed by atoms with E-state index in [-0.39, 0.29) is 0 Å². The number of nitrogens with zero attached hydrogens (tertiary/aromatic N) is 1. The molecule has 0 saturated carbocycles. The van der Waals surface area contributed by atoms with Gasteiger partial charge in [-0.1, -0.05) is 17.3 Å². The molecule has 0 aliphatic rings. The summed E-state index contributed by atoms with van der Waals surface area (Å²) < 4.78 is 9.19. The zero-order valence-electron chi connectivity index (χ0n) is 10.8. The lowest BCUT2D eigenvalue weighted by Gasteiger charge is -2.06. The van der Waals surface area contributed by atoms with Crippen molar-refractivity contribution in [3.05, 3.63) is 47.7 Å². The Morgan fingerprint density at radius 2 is 2.00 bits per heavy atom. The largest absolute Gasteiger partial charge is 0.465 e. The van der Waals surface area contributed by atoms with Gasteiger partial charge in [0, 0.05) is 12.6 Å². The average molecular weight is 275 g/mol. The van der Waals surface area contributed by atoms with E-state index in [1.165, 1.54) is 19.4 Å². The van der Waals surface area contributed by atoms with Crippen LogP contribution in [-0.4, -0.2) is 24.3 Å². The van der Waals surface area contributed by atoms with Crippen molar-refractivity contribution < 1.29 is 18.8 Å². The van der Waals surface area contributed by atoms with Crippen LogP contribution in [0.1, 0.15) is 15.9 Å². The van der Waals surface area contributed by atoms with Crippen molar-refractivity contribution in [1.29, 1.82) is 0 Å². The summed E-state index contributed by atoms with van der Waals surface area (Å²) in [4.78, 5) is 22.8. The molecule has 7 nitrogen and oxygen atoms in total. The first-order valence-electron chi connectivity index (χ1n) is 5.81. The first-order valence-corrected chi connectivity index (χ1v) is 5.81. The highest BCUT2D eigenvalue weighted by molar-refractivity contribution is 5.89. The van der Waals surface area contributed by atoms with Crippen LogP contribution in [0.25, 0.3) is 0 Å². The number of urea groups is 1. The zero-order valence-corrected chi connectivity index (χ0v) is 10.8. The van der Waals surface area contributed by atoms with Crippen molar-refractivity contribution in [2.75, 3.05) is 12.4 Å². The van der Waals surface area contributed by atoms with E-state index in [4.69, 9.17) is 0 Å². The van der Waals surface area contributed by atoms with Gasteiger partial charge in [0.05, 0.1) is 12.7 Å². The Kier molecular flexibility index (Phi) is 4.33. The summed E-state index contributed by atoms with van der Waals surface area (Å²) in [7, 11) is 1.33. The minimum absolute atomic E-state index is 0.325. The molecule has 0 saturated heterocycles. The molecule has 0 atom stereocenters. The van der Waals surface area contributed by atoms with Crippen LogP contribution in [0.5, 0.6) is 0 Å². The lowest BCUT2D eigenvalue weighted by atomic mass is 10.1. The highest BCUT2D eigenvalue weighted by Crippen LogP contribution is 2.06. The number of rotatable bonds is 4. The van der Waals surface area contributed by atoms with Gasteiger partial charge in [-0.3, -0.25) is 5.32 Å². The highest BCUT2D eigenvalue weighted by Gasteiger charge is 2.06. The van der Waals surface area contributed by atoms with Gasteiger partial charge in [0.2, 0.25) is 0 Å². The smallest absolute Gasteiger partial charge is 0.337 e. The Labute approximate surface area is 114 Å². The van der Waals surface area contributed by atoms with Crippen LogP contribution in [0, 0.1) is 0 Å². The van der Waals surface area contributed by atoms with Crippen LogP contribution >= 0.6 is 0 Å². The number of carbonyl (C=O) groups is 2. The SMILES string of the molecule is COC(=O)c1ccc(CNC(=O)Nc2ccon2)cc1. The van der Waals surface area contributed by atoms with Crippen LogP contribution in [0.15, 0.2) is 41.1 Å². The van der Waals surface area contributed by atoms with Crippen molar-refractivity contribution in [3.8, 4) is 0 Å². The van der Waals surface area contributed by atoms with Crippen LogP contribution in [0.2, 0.25) is 0 Å². The Morgan fingerprint density at radius 3 is 2.60 bits per heavy atom. The fourth-order valence-electron chi connectivity index (χ4n) is 1.50. The van der Waals surface area contributed by atoms with Crippen LogP contribution in [0.4, 0.5) is 10.6 Å². The van der Waals surface area contributed by atoms with Gasteiger partial charge in [-0.15, -0.1) is 0 Å². The molecule has 0 bridgehead atoms. The maximum atomic E-state index is 11.5. The lowest BCUT2D eigenvalue weighted by molar-refractivity contribution is 0.0600. The van der Waals surface area contributed by atoms with E-state index in [1.54, 1.807) is 24.3 Å². The summed E-state index contributed by atoms with van der Waals surface area (Å²) in [5.41, 5.74) is 1.32. The Hall–Kier alpha value is -2.83. The van der Waals surface area contributed by atoms with Crippen molar-refractivity contribution in [3.63, 3.8) is 0 Å². The molecule has 0 spiro atoms. The summed E-state index contributed by atoms with van der Waals surface area (Å²) in [5, 5.41) is 8.71. The van der Waals surface area contributed by atoms with Gasteiger partial charge in [0.1, 0.15) is 6.26 Å². The number of ether oxygens (including phenoxy) is 1. The second-order valence-electron chi connectivity index (χ2n) is 3.88. The first-order chi connectivity index (χ1) is 9.69. The number of hydrogen-bond donors (Lipinski definition) is 2. The van der Waals surface area contributed by atoms with E-state index in [2.05, 4.69) is 25.1 Å². The van der Waals surface area contributed by atoms with E-state index in [0.717, 1.165) is 5.56 Å². The lowest BCUT2D eigenvalue weighted by Crippen LogP contribution is -2.28. The molecule has 1 aromatic carbocycles. The van der Waals surface area contributed by atoms with E-state index in [1.807, 2.05) is 0 Å². The number of amides is 2. The molecule has 20 heavy (non-hydrogen) atoms. The standard InChI is InChI=1S/C13H13N3O4/c1-19-12(17)10-4-2-9(3-5-10)8-14-13(18)15-11-6-7-20-16-11/h2-7H,8H2,1H3,(H2,14,15,16,18). The highest BCUT2D eigenvalue weighted by atomic mass is 16.5. The third kappa shape index (κ3) is 3.58.